The van der Waals surface area contributed by atoms with Gasteiger partial charge in [0.1, 0.15) is 5.75 Å². The summed E-state index contributed by atoms with van der Waals surface area (Å²) in [6.45, 7) is 3.41. The van der Waals surface area contributed by atoms with Gasteiger partial charge in [-0.2, -0.15) is 0 Å². The van der Waals surface area contributed by atoms with E-state index >= 15 is 0 Å². The van der Waals surface area contributed by atoms with Crippen LogP contribution in [0.25, 0.3) is 0 Å². The van der Waals surface area contributed by atoms with Gasteiger partial charge in [0, 0.05) is 18.7 Å². The number of nitrogens with zero attached hydrogens (tertiary/aromatic N) is 1. The lowest BCUT2D eigenvalue weighted by molar-refractivity contribution is 0.0766. The third kappa shape index (κ3) is 2.61. The molecule has 1 aromatic rings. The predicted molar refractivity (Wildman–Crippen MR) is 67.4 cm³/mol. The van der Waals surface area contributed by atoms with Crippen molar-refractivity contribution in [2.45, 2.75) is 13.3 Å². The average molecular weight is 252 g/mol. The summed E-state index contributed by atoms with van der Waals surface area (Å²) in [5.41, 5.74) is 1.72. The maximum absolute atomic E-state index is 12.2. The summed E-state index contributed by atoms with van der Waals surface area (Å²) in [7, 11) is 0. The zero-order valence-electron chi connectivity index (χ0n) is 9.61. The lowest BCUT2D eigenvalue weighted by Gasteiger charge is -2.26. The molecule has 1 aromatic carbocycles. The van der Waals surface area contributed by atoms with E-state index in [0.29, 0.717) is 12.1 Å². The van der Waals surface area contributed by atoms with E-state index in [9.17, 15) is 9.90 Å². The highest BCUT2D eigenvalue weighted by Crippen LogP contribution is 2.24. The van der Waals surface area contributed by atoms with Gasteiger partial charge in [-0.25, -0.2) is 0 Å². The van der Waals surface area contributed by atoms with Crippen LogP contribution in [0.3, 0.4) is 0 Å². The van der Waals surface area contributed by atoms with Gasteiger partial charge in [-0.15, -0.1) is 0 Å². The van der Waals surface area contributed by atoms with Crippen LogP contribution in [0, 0.1) is 0 Å². The van der Waals surface area contributed by atoms with Gasteiger partial charge < -0.3 is 10.0 Å². The Balaban J connectivity index is 2.19. The largest absolute Gasteiger partial charge is 0.506 e. The molecule has 0 fully saturated rings. The number of phenolic OH excluding ortho intramolecular Hbond substituents is 1. The summed E-state index contributed by atoms with van der Waals surface area (Å²) >= 11 is 5.79. The number of benzene rings is 1. The summed E-state index contributed by atoms with van der Waals surface area (Å²) in [5.74, 6) is -0.0442. The van der Waals surface area contributed by atoms with Crippen molar-refractivity contribution < 1.29 is 9.90 Å². The van der Waals surface area contributed by atoms with Crippen molar-refractivity contribution in [2.75, 3.05) is 13.1 Å². The Morgan fingerprint density at radius 1 is 1.47 bits per heavy atom. The van der Waals surface area contributed by atoms with Gasteiger partial charge in [-0.3, -0.25) is 4.79 Å². The van der Waals surface area contributed by atoms with Crippen LogP contribution in [0.4, 0.5) is 0 Å². The number of hydrogen-bond acceptors (Lipinski definition) is 2. The van der Waals surface area contributed by atoms with Gasteiger partial charge in [-0.05, 0) is 31.5 Å². The summed E-state index contributed by atoms with van der Waals surface area (Å²) in [4.78, 5) is 14.0. The third-order valence-corrected chi connectivity index (χ3v) is 3.12. The topological polar surface area (TPSA) is 40.5 Å². The molecule has 90 valence electrons. The summed E-state index contributed by atoms with van der Waals surface area (Å²) < 4.78 is 0. The third-order valence-electron chi connectivity index (χ3n) is 2.81. The van der Waals surface area contributed by atoms with E-state index in [2.05, 4.69) is 6.08 Å². The second-order valence-corrected chi connectivity index (χ2v) is 4.64. The van der Waals surface area contributed by atoms with Gasteiger partial charge in [0.15, 0.2) is 0 Å². The molecule has 0 saturated heterocycles. The molecule has 0 bridgehead atoms. The van der Waals surface area contributed by atoms with Crippen LogP contribution < -0.4 is 0 Å². The highest BCUT2D eigenvalue weighted by molar-refractivity contribution is 6.32. The Bertz CT molecular complexity index is 482. The van der Waals surface area contributed by atoms with Crippen LogP contribution >= 0.6 is 11.6 Å². The van der Waals surface area contributed by atoms with Crippen molar-refractivity contribution in [1.29, 1.82) is 0 Å². The van der Waals surface area contributed by atoms with Crippen molar-refractivity contribution in [3.05, 3.63) is 40.4 Å². The summed E-state index contributed by atoms with van der Waals surface area (Å²) in [6.07, 6.45) is 3.04. The zero-order valence-corrected chi connectivity index (χ0v) is 10.4. The molecule has 4 heteroatoms. The second kappa shape index (κ2) is 4.80. The molecule has 0 unspecified atom stereocenters. The Kier molecular flexibility index (Phi) is 3.38. The molecule has 17 heavy (non-hydrogen) atoms. The molecule has 0 aliphatic carbocycles. The maximum Gasteiger partial charge on any atom is 0.254 e. The number of carbonyl (C=O) groups is 1. The number of rotatable bonds is 1. The Labute approximate surface area is 105 Å². The molecule has 3 nitrogen and oxygen atoms in total. The van der Waals surface area contributed by atoms with Crippen molar-refractivity contribution in [1.82, 2.24) is 4.90 Å². The van der Waals surface area contributed by atoms with E-state index in [4.69, 9.17) is 11.6 Å². The number of aromatic hydroxyl groups is 1. The highest BCUT2D eigenvalue weighted by Gasteiger charge is 2.18. The van der Waals surface area contributed by atoms with Gasteiger partial charge in [0.2, 0.25) is 0 Å². The van der Waals surface area contributed by atoms with E-state index in [1.165, 1.54) is 17.7 Å². The van der Waals surface area contributed by atoms with Crippen molar-refractivity contribution >= 4 is 17.5 Å². The van der Waals surface area contributed by atoms with E-state index < -0.39 is 0 Å². The minimum absolute atomic E-state index is 0.00191. The number of halogens is 1. The van der Waals surface area contributed by atoms with Crippen molar-refractivity contribution in [2.24, 2.45) is 0 Å². The standard InChI is InChI=1S/C13H14ClNO2/c1-9-3-2-6-15(8-9)13(17)10-4-5-12(16)11(14)7-10/h3-5,7,16H,2,6,8H2,1H3. The van der Waals surface area contributed by atoms with Gasteiger partial charge in [0.25, 0.3) is 5.91 Å². The fourth-order valence-electron chi connectivity index (χ4n) is 1.91. The normalized spacial score (nSPS) is 15.6. The van der Waals surface area contributed by atoms with Crippen LogP contribution in [-0.2, 0) is 0 Å². The molecule has 1 aliphatic rings. The maximum atomic E-state index is 12.2. The highest BCUT2D eigenvalue weighted by atomic mass is 35.5. The van der Waals surface area contributed by atoms with Crippen LogP contribution in [0.2, 0.25) is 5.02 Å². The molecule has 0 atom stereocenters. The Morgan fingerprint density at radius 2 is 2.24 bits per heavy atom. The number of hydrogen-bond donors (Lipinski definition) is 1. The minimum Gasteiger partial charge on any atom is -0.506 e. The van der Waals surface area contributed by atoms with Gasteiger partial charge in [-0.1, -0.05) is 23.3 Å². The average Bonchev–Trinajstić information content (AvgIpc) is 2.32. The van der Waals surface area contributed by atoms with Crippen molar-refractivity contribution in [3.8, 4) is 5.75 Å². The van der Waals surface area contributed by atoms with E-state index in [0.717, 1.165) is 13.0 Å². The van der Waals surface area contributed by atoms with Crippen molar-refractivity contribution in [3.63, 3.8) is 0 Å². The first-order valence-corrected chi connectivity index (χ1v) is 5.89. The number of phenols is 1. The molecule has 2 rings (SSSR count). The van der Waals surface area contributed by atoms with Gasteiger partial charge in [0.05, 0.1) is 5.02 Å². The second-order valence-electron chi connectivity index (χ2n) is 4.23. The van der Waals surface area contributed by atoms with Crippen LogP contribution in [-0.4, -0.2) is 29.0 Å². The molecule has 0 radical (unpaired) electrons. The van der Waals surface area contributed by atoms with Crippen LogP contribution in [0.5, 0.6) is 5.75 Å². The molecular weight excluding hydrogens is 238 g/mol. The van der Waals surface area contributed by atoms with E-state index in [1.807, 2.05) is 6.92 Å². The first kappa shape index (κ1) is 12.0. The predicted octanol–water partition coefficient (Wildman–Crippen LogP) is 2.84. The molecule has 1 heterocycles. The number of carbonyl (C=O) groups excluding carboxylic acids is 1. The molecule has 0 spiro atoms. The summed E-state index contributed by atoms with van der Waals surface area (Å²) in [5, 5.41) is 9.52. The molecule has 0 aromatic heterocycles. The first-order chi connectivity index (χ1) is 8.08. The zero-order chi connectivity index (χ0) is 12.4. The molecule has 1 N–H and O–H groups in total. The van der Waals surface area contributed by atoms with Crippen LogP contribution in [0.15, 0.2) is 29.8 Å². The quantitative estimate of drug-likeness (QED) is 0.780. The first-order valence-electron chi connectivity index (χ1n) is 5.51. The lowest BCUT2D eigenvalue weighted by Crippen LogP contribution is -2.35. The Morgan fingerprint density at radius 3 is 2.88 bits per heavy atom. The number of amides is 1. The molecular formula is C13H14ClNO2. The van der Waals surface area contributed by atoms with Crippen LogP contribution in [0.1, 0.15) is 23.7 Å². The molecule has 1 aliphatic heterocycles. The minimum atomic E-state index is -0.0423. The smallest absolute Gasteiger partial charge is 0.254 e. The fourth-order valence-corrected chi connectivity index (χ4v) is 2.09. The lowest BCUT2D eigenvalue weighted by atomic mass is 10.1. The molecule has 1 amide bonds. The molecule has 0 saturated carbocycles. The van der Waals surface area contributed by atoms with E-state index in [1.54, 1.807) is 11.0 Å². The summed E-state index contributed by atoms with van der Waals surface area (Å²) in [6, 6.07) is 4.55. The SMILES string of the molecule is CC1=CCCN(C(=O)c2ccc(O)c(Cl)c2)C1. The van der Waals surface area contributed by atoms with Gasteiger partial charge >= 0.3 is 0 Å². The monoisotopic (exact) mass is 251 g/mol. The van der Waals surface area contributed by atoms with E-state index in [-0.39, 0.29) is 16.7 Å². The Hall–Kier alpha value is -1.48. The fraction of sp³-hybridized carbons (Fsp3) is 0.308.